The first kappa shape index (κ1) is 13.5. The molecule has 1 amide bonds. The van der Waals surface area contributed by atoms with Crippen molar-refractivity contribution in [2.24, 2.45) is 5.92 Å². The van der Waals surface area contributed by atoms with E-state index in [2.05, 4.69) is 24.1 Å². The number of anilines is 1. The lowest BCUT2D eigenvalue weighted by Crippen LogP contribution is -2.38. The summed E-state index contributed by atoms with van der Waals surface area (Å²) in [4.78, 5) is 18.2. The van der Waals surface area contributed by atoms with Gasteiger partial charge in [-0.3, -0.25) is 4.79 Å². The van der Waals surface area contributed by atoms with Crippen molar-refractivity contribution in [3.05, 3.63) is 23.9 Å². The smallest absolute Gasteiger partial charge is 0.272 e. The molecule has 17 heavy (non-hydrogen) atoms. The van der Waals surface area contributed by atoms with Crippen molar-refractivity contribution < 1.29 is 4.79 Å². The lowest BCUT2D eigenvalue weighted by Gasteiger charge is -2.27. The van der Waals surface area contributed by atoms with Crippen LogP contribution in [0.4, 0.5) is 5.82 Å². The number of nitrogens with zero attached hydrogens (tertiary/aromatic N) is 2. The zero-order valence-corrected chi connectivity index (χ0v) is 11.2. The number of nitrogens with one attached hydrogen (secondary N) is 1. The Labute approximate surface area is 103 Å². The summed E-state index contributed by atoms with van der Waals surface area (Å²) in [6.45, 7) is 6.25. The highest BCUT2D eigenvalue weighted by Crippen LogP contribution is 2.12. The van der Waals surface area contributed by atoms with Gasteiger partial charge in [-0.15, -0.1) is 0 Å². The summed E-state index contributed by atoms with van der Waals surface area (Å²) in [5.41, 5.74) is 0.479. The van der Waals surface area contributed by atoms with Gasteiger partial charge in [0.15, 0.2) is 0 Å². The van der Waals surface area contributed by atoms with E-state index in [1.165, 1.54) is 0 Å². The largest absolute Gasteiger partial charge is 0.373 e. The summed E-state index contributed by atoms with van der Waals surface area (Å²) >= 11 is 0. The third kappa shape index (κ3) is 3.19. The van der Waals surface area contributed by atoms with Gasteiger partial charge in [0.25, 0.3) is 5.91 Å². The lowest BCUT2D eigenvalue weighted by molar-refractivity contribution is 0.0701. The summed E-state index contributed by atoms with van der Waals surface area (Å²) in [7, 11) is 3.61. The molecule has 1 N–H and O–H groups in total. The molecule has 4 heteroatoms. The summed E-state index contributed by atoms with van der Waals surface area (Å²) in [5, 5.41) is 2.93. The van der Waals surface area contributed by atoms with Crippen LogP contribution in [0.2, 0.25) is 0 Å². The van der Waals surface area contributed by atoms with E-state index in [0.717, 1.165) is 0 Å². The highest BCUT2D eigenvalue weighted by Gasteiger charge is 2.20. The molecular weight excluding hydrogens is 214 g/mol. The van der Waals surface area contributed by atoms with Gasteiger partial charge in [-0.2, -0.15) is 0 Å². The van der Waals surface area contributed by atoms with Gasteiger partial charge in [0.05, 0.1) is 0 Å². The zero-order valence-electron chi connectivity index (χ0n) is 11.2. The number of aromatic nitrogens is 1. The summed E-state index contributed by atoms with van der Waals surface area (Å²) in [5.74, 6) is 1.10. The fourth-order valence-electron chi connectivity index (χ4n) is 1.51. The molecule has 0 spiro atoms. The van der Waals surface area contributed by atoms with Gasteiger partial charge >= 0.3 is 0 Å². The van der Waals surface area contributed by atoms with Crippen LogP contribution in [-0.4, -0.2) is 35.9 Å². The van der Waals surface area contributed by atoms with Crippen LogP contribution in [0.1, 0.15) is 31.3 Å². The Bertz CT molecular complexity index is 390. The minimum atomic E-state index is -0.0386. The second kappa shape index (κ2) is 5.66. The average molecular weight is 235 g/mol. The molecule has 0 saturated heterocycles. The van der Waals surface area contributed by atoms with Crippen molar-refractivity contribution in [1.82, 2.24) is 9.88 Å². The van der Waals surface area contributed by atoms with Gasteiger partial charge in [0.2, 0.25) is 0 Å². The number of carbonyl (C=O) groups is 1. The Morgan fingerprint density at radius 1 is 1.35 bits per heavy atom. The minimum absolute atomic E-state index is 0.0386. The van der Waals surface area contributed by atoms with Crippen molar-refractivity contribution in [2.75, 3.05) is 19.4 Å². The van der Waals surface area contributed by atoms with Crippen molar-refractivity contribution in [1.29, 1.82) is 0 Å². The Morgan fingerprint density at radius 3 is 2.53 bits per heavy atom. The van der Waals surface area contributed by atoms with Gasteiger partial charge in [-0.25, -0.2) is 4.98 Å². The maximum atomic E-state index is 12.2. The minimum Gasteiger partial charge on any atom is -0.373 e. The number of hydrogen-bond acceptors (Lipinski definition) is 3. The van der Waals surface area contributed by atoms with E-state index >= 15 is 0 Å². The normalized spacial score (nSPS) is 12.4. The molecule has 0 aromatic carbocycles. The molecule has 0 aliphatic carbocycles. The van der Waals surface area contributed by atoms with Crippen molar-refractivity contribution >= 4 is 11.7 Å². The van der Waals surface area contributed by atoms with Crippen LogP contribution in [0.15, 0.2) is 18.2 Å². The summed E-state index contributed by atoms with van der Waals surface area (Å²) < 4.78 is 0. The van der Waals surface area contributed by atoms with Crippen LogP contribution < -0.4 is 5.32 Å². The number of pyridine rings is 1. The molecule has 1 aromatic rings. The Hall–Kier alpha value is -1.58. The van der Waals surface area contributed by atoms with Gasteiger partial charge in [0.1, 0.15) is 11.5 Å². The Morgan fingerprint density at radius 2 is 2.00 bits per heavy atom. The third-order valence-corrected chi connectivity index (χ3v) is 3.12. The molecule has 1 heterocycles. The number of amides is 1. The molecule has 0 aliphatic heterocycles. The second-order valence-corrected chi connectivity index (χ2v) is 4.56. The standard InChI is InChI=1S/C13H21N3O/c1-9(2)10(3)16(5)13(17)11-7-6-8-12(14-4)15-11/h6-10H,1-5H3,(H,14,15). The molecule has 94 valence electrons. The predicted molar refractivity (Wildman–Crippen MR) is 70.2 cm³/mol. The topological polar surface area (TPSA) is 45.2 Å². The van der Waals surface area contributed by atoms with Crippen molar-refractivity contribution in [3.8, 4) is 0 Å². The van der Waals surface area contributed by atoms with Gasteiger partial charge in [0, 0.05) is 20.1 Å². The van der Waals surface area contributed by atoms with Gasteiger partial charge in [-0.05, 0) is 25.0 Å². The first-order valence-electron chi connectivity index (χ1n) is 5.89. The molecule has 1 rings (SSSR count). The predicted octanol–water partition coefficient (Wildman–Crippen LogP) is 2.24. The van der Waals surface area contributed by atoms with E-state index in [1.807, 2.05) is 26.1 Å². The van der Waals surface area contributed by atoms with E-state index in [9.17, 15) is 4.79 Å². The molecule has 0 saturated carbocycles. The summed E-state index contributed by atoms with van der Waals surface area (Å²) in [6, 6.07) is 5.61. The van der Waals surface area contributed by atoms with Crippen LogP contribution >= 0.6 is 0 Å². The molecule has 0 fully saturated rings. The third-order valence-electron chi connectivity index (χ3n) is 3.12. The van der Waals surface area contributed by atoms with Crippen LogP contribution in [0, 0.1) is 5.92 Å². The van der Waals surface area contributed by atoms with Crippen LogP contribution in [-0.2, 0) is 0 Å². The number of hydrogen-bond donors (Lipinski definition) is 1. The maximum absolute atomic E-state index is 12.2. The van der Waals surface area contributed by atoms with E-state index in [-0.39, 0.29) is 11.9 Å². The fraction of sp³-hybridized carbons (Fsp3) is 0.538. The molecule has 1 aromatic heterocycles. The second-order valence-electron chi connectivity index (χ2n) is 4.56. The molecule has 1 unspecified atom stereocenters. The highest BCUT2D eigenvalue weighted by atomic mass is 16.2. The molecule has 0 bridgehead atoms. The molecule has 1 atom stereocenters. The maximum Gasteiger partial charge on any atom is 0.272 e. The van der Waals surface area contributed by atoms with E-state index < -0.39 is 0 Å². The molecule has 4 nitrogen and oxygen atoms in total. The van der Waals surface area contributed by atoms with Crippen molar-refractivity contribution in [2.45, 2.75) is 26.8 Å². The molecule has 0 aliphatic rings. The lowest BCUT2D eigenvalue weighted by atomic mass is 10.0. The monoisotopic (exact) mass is 235 g/mol. The SMILES string of the molecule is CNc1cccc(C(=O)N(C)C(C)C(C)C)n1. The summed E-state index contributed by atoms with van der Waals surface area (Å²) in [6.07, 6.45) is 0. The number of rotatable bonds is 4. The van der Waals surface area contributed by atoms with E-state index in [1.54, 1.807) is 18.0 Å². The van der Waals surface area contributed by atoms with Crippen LogP contribution in [0.5, 0.6) is 0 Å². The Balaban J connectivity index is 2.88. The van der Waals surface area contributed by atoms with E-state index in [0.29, 0.717) is 17.4 Å². The Kier molecular flexibility index (Phi) is 4.49. The average Bonchev–Trinajstić information content (AvgIpc) is 2.36. The zero-order chi connectivity index (χ0) is 13.0. The van der Waals surface area contributed by atoms with Crippen molar-refractivity contribution in [3.63, 3.8) is 0 Å². The quantitative estimate of drug-likeness (QED) is 0.870. The first-order valence-corrected chi connectivity index (χ1v) is 5.89. The highest BCUT2D eigenvalue weighted by molar-refractivity contribution is 5.92. The number of carbonyl (C=O) groups excluding carboxylic acids is 1. The van der Waals surface area contributed by atoms with Gasteiger partial charge < -0.3 is 10.2 Å². The fourth-order valence-corrected chi connectivity index (χ4v) is 1.51. The first-order chi connectivity index (χ1) is 7.97. The van der Waals surface area contributed by atoms with Gasteiger partial charge in [-0.1, -0.05) is 19.9 Å². The molecule has 0 radical (unpaired) electrons. The van der Waals surface area contributed by atoms with Crippen LogP contribution in [0.25, 0.3) is 0 Å². The molecular formula is C13H21N3O. The van der Waals surface area contributed by atoms with E-state index in [4.69, 9.17) is 0 Å². The van der Waals surface area contributed by atoms with Crippen LogP contribution in [0.3, 0.4) is 0 Å².